The van der Waals surface area contributed by atoms with Gasteiger partial charge < -0.3 is 5.32 Å². The average molecular weight is 418 g/mol. The number of fused-ring (bicyclic) bond motifs is 1. The van der Waals surface area contributed by atoms with E-state index in [2.05, 4.69) is 10.3 Å². The Morgan fingerprint density at radius 3 is 2.68 bits per heavy atom. The van der Waals surface area contributed by atoms with Crippen molar-refractivity contribution in [2.24, 2.45) is 0 Å². The third-order valence-corrected chi connectivity index (χ3v) is 5.55. The van der Waals surface area contributed by atoms with E-state index < -0.39 is 23.3 Å². The molecule has 2 aromatic carbocycles. The molecular weight excluding hydrogens is 404 g/mol. The summed E-state index contributed by atoms with van der Waals surface area (Å²) in [4.78, 5) is 31.2. The lowest BCUT2D eigenvalue weighted by molar-refractivity contribution is -0.131. The summed E-state index contributed by atoms with van der Waals surface area (Å²) in [7, 11) is 0. The number of halogens is 3. The van der Waals surface area contributed by atoms with E-state index in [9.17, 15) is 14.0 Å². The normalized spacial score (nSPS) is 19.4. The van der Waals surface area contributed by atoms with Crippen molar-refractivity contribution >= 4 is 46.0 Å². The predicted octanol–water partition coefficient (Wildman–Crippen LogP) is 4.65. The number of aromatic nitrogens is 1. The Kier molecular flexibility index (Phi) is 4.48. The SMILES string of the molecule is CC1(c2ccc(F)cc2Cl)NC(=O)N(Cc2c(Cl)ccc3cccnc23)C1=O. The molecule has 1 N–H and O–H groups in total. The topological polar surface area (TPSA) is 62.3 Å². The number of hydrogen-bond donors (Lipinski definition) is 1. The second-order valence-corrected chi connectivity index (χ2v) is 7.49. The zero-order chi connectivity index (χ0) is 20.1. The first-order chi connectivity index (χ1) is 13.3. The van der Waals surface area contributed by atoms with Gasteiger partial charge in [-0.15, -0.1) is 0 Å². The summed E-state index contributed by atoms with van der Waals surface area (Å²) < 4.78 is 13.4. The monoisotopic (exact) mass is 417 g/mol. The van der Waals surface area contributed by atoms with Gasteiger partial charge in [0.2, 0.25) is 0 Å². The van der Waals surface area contributed by atoms with E-state index in [1.54, 1.807) is 18.3 Å². The van der Waals surface area contributed by atoms with E-state index in [0.717, 1.165) is 16.4 Å². The van der Waals surface area contributed by atoms with Gasteiger partial charge in [-0.3, -0.25) is 14.7 Å². The first-order valence-corrected chi connectivity index (χ1v) is 9.18. The molecule has 1 unspecified atom stereocenters. The summed E-state index contributed by atoms with van der Waals surface area (Å²) in [6.45, 7) is 1.49. The lowest BCUT2D eigenvalue weighted by Gasteiger charge is -2.23. The molecule has 3 amide bonds. The number of nitrogens with zero attached hydrogens (tertiary/aromatic N) is 2. The number of rotatable bonds is 3. The predicted molar refractivity (Wildman–Crippen MR) is 105 cm³/mol. The molecule has 3 aromatic rings. The Labute approximate surface area is 170 Å². The summed E-state index contributed by atoms with van der Waals surface area (Å²) in [6.07, 6.45) is 1.62. The Bertz CT molecular complexity index is 1140. The first-order valence-electron chi connectivity index (χ1n) is 8.43. The number of carbonyl (C=O) groups is 2. The van der Waals surface area contributed by atoms with Gasteiger partial charge in [0.05, 0.1) is 12.1 Å². The van der Waals surface area contributed by atoms with Gasteiger partial charge in [0, 0.05) is 32.8 Å². The number of hydrogen-bond acceptors (Lipinski definition) is 3. The summed E-state index contributed by atoms with van der Waals surface area (Å²) in [5.74, 6) is -1.03. The zero-order valence-corrected chi connectivity index (χ0v) is 16.2. The maximum Gasteiger partial charge on any atom is 0.325 e. The maximum atomic E-state index is 13.4. The molecule has 4 rings (SSSR count). The van der Waals surface area contributed by atoms with Crippen molar-refractivity contribution in [2.45, 2.75) is 19.0 Å². The number of benzene rings is 2. The third kappa shape index (κ3) is 2.89. The van der Waals surface area contributed by atoms with Crippen LogP contribution in [0.4, 0.5) is 9.18 Å². The minimum atomic E-state index is -1.41. The lowest BCUT2D eigenvalue weighted by Crippen LogP contribution is -2.41. The largest absolute Gasteiger partial charge is 0.325 e. The van der Waals surface area contributed by atoms with Gasteiger partial charge in [0.1, 0.15) is 11.4 Å². The zero-order valence-electron chi connectivity index (χ0n) is 14.7. The van der Waals surface area contributed by atoms with Gasteiger partial charge in [-0.05, 0) is 31.2 Å². The first kappa shape index (κ1) is 18.7. The van der Waals surface area contributed by atoms with E-state index in [4.69, 9.17) is 23.2 Å². The number of urea groups is 1. The molecule has 1 fully saturated rings. The molecule has 0 aliphatic carbocycles. The quantitative estimate of drug-likeness (QED) is 0.630. The van der Waals surface area contributed by atoms with Crippen LogP contribution in [-0.2, 0) is 16.9 Å². The summed E-state index contributed by atoms with van der Waals surface area (Å²) in [5.41, 5.74) is 0.0899. The highest BCUT2D eigenvalue weighted by atomic mass is 35.5. The maximum absolute atomic E-state index is 13.4. The van der Waals surface area contributed by atoms with E-state index in [1.165, 1.54) is 19.1 Å². The van der Waals surface area contributed by atoms with Crippen molar-refractivity contribution in [1.82, 2.24) is 15.2 Å². The summed E-state index contributed by atoms with van der Waals surface area (Å²) >= 11 is 12.5. The number of nitrogens with one attached hydrogen (secondary N) is 1. The molecule has 2 heterocycles. The fourth-order valence-corrected chi connectivity index (χ4v) is 3.98. The molecule has 142 valence electrons. The lowest BCUT2D eigenvalue weighted by atomic mass is 9.92. The highest BCUT2D eigenvalue weighted by molar-refractivity contribution is 6.32. The van der Waals surface area contributed by atoms with Crippen LogP contribution in [0.15, 0.2) is 48.7 Å². The number of amides is 3. The molecule has 1 atom stereocenters. The van der Waals surface area contributed by atoms with Gasteiger partial charge in [-0.1, -0.05) is 41.4 Å². The number of carbonyl (C=O) groups excluding carboxylic acids is 2. The molecule has 8 heteroatoms. The van der Waals surface area contributed by atoms with Gasteiger partial charge in [0.25, 0.3) is 5.91 Å². The Hall–Kier alpha value is -2.70. The molecule has 1 aliphatic heterocycles. The fraction of sp³-hybridized carbons (Fsp3) is 0.150. The molecule has 1 saturated heterocycles. The van der Waals surface area contributed by atoms with Gasteiger partial charge in [-0.25, -0.2) is 9.18 Å². The van der Waals surface area contributed by atoms with Crippen molar-refractivity contribution in [2.75, 3.05) is 0 Å². The smallest absolute Gasteiger partial charge is 0.319 e. The van der Waals surface area contributed by atoms with E-state index in [-0.39, 0.29) is 11.6 Å². The van der Waals surface area contributed by atoms with Crippen LogP contribution in [0.1, 0.15) is 18.1 Å². The minimum Gasteiger partial charge on any atom is -0.319 e. The van der Waals surface area contributed by atoms with Crippen molar-refractivity contribution in [1.29, 1.82) is 0 Å². The van der Waals surface area contributed by atoms with Crippen LogP contribution >= 0.6 is 23.2 Å². The summed E-state index contributed by atoms with van der Waals surface area (Å²) in [6, 6.07) is 10.3. The van der Waals surface area contributed by atoms with Crippen LogP contribution in [0.5, 0.6) is 0 Å². The Morgan fingerprint density at radius 1 is 1.14 bits per heavy atom. The van der Waals surface area contributed by atoms with Crippen LogP contribution in [-0.4, -0.2) is 21.8 Å². The number of pyridine rings is 1. The second kappa shape index (κ2) is 6.72. The Morgan fingerprint density at radius 2 is 1.93 bits per heavy atom. The van der Waals surface area contributed by atoms with Gasteiger partial charge in [-0.2, -0.15) is 0 Å². The highest BCUT2D eigenvalue weighted by Gasteiger charge is 2.50. The molecule has 1 aliphatic rings. The molecule has 5 nitrogen and oxygen atoms in total. The standard InChI is InChI=1S/C20H14Cl2FN3O2/c1-20(14-6-5-12(23)9-16(14)22)18(27)26(19(28)25-20)10-13-15(21)7-4-11-3-2-8-24-17(11)13/h2-9H,10H2,1H3,(H,25,28). The Balaban J connectivity index is 1.74. The molecule has 1 aromatic heterocycles. The van der Waals surface area contributed by atoms with Crippen LogP contribution in [0.25, 0.3) is 10.9 Å². The molecule has 0 spiro atoms. The fourth-order valence-electron chi connectivity index (χ4n) is 3.41. The van der Waals surface area contributed by atoms with Crippen LogP contribution in [0.2, 0.25) is 10.0 Å². The molecule has 0 radical (unpaired) electrons. The molecule has 28 heavy (non-hydrogen) atoms. The molecule has 0 bridgehead atoms. The summed E-state index contributed by atoms with van der Waals surface area (Å²) in [5, 5.41) is 3.97. The third-order valence-electron chi connectivity index (χ3n) is 4.88. The minimum absolute atomic E-state index is 0.0493. The number of imide groups is 1. The van der Waals surface area contributed by atoms with Crippen molar-refractivity contribution < 1.29 is 14.0 Å². The van der Waals surface area contributed by atoms with Crippen molar-refractivity contribution in [3.05, 3.63) is 75.7 Å². The van der Waals surface area contributed by atoms with Crippen LogP contribution in [0.3, 0.4) is 0 Å². The van der Waals surface area contributed by atoms with E-state index in [1.807, 2.05) is 12.1 Å². The van der Waals surface area contributed by atoms with Gasteiger partial charge in [0.15, 0.2) is 0 Å². The van der Waals surface area contributed by atoms with E-state index >= 15 is 0 Å². The van der Waals surface area contributed by atoms with Crippen LogP contribution in [0, 0.1) is 5.82 Å². The molecule has 0 saturated carbocycles. The highest BCUT2D eigenvalue weighted by Crippen LogP contribution is 2.35. The van der Waals surface area contributed by atoms with Crippen molar-refractivity contribution in [3.63, 3.8) is 0 Å². The second-order valence-electron chi connectivity index (χ2n) is 6.67. The molecular formula is C20H14Cl2FN3O2. The average Bonchev–Trinajstić information content (AvgIpc) is 2.87. The van der Waals surface area contributed by atoms with Crippen LogP contribution < -0.4 is 5.32 Å². The van der Waals surface area contributed by atoms with E-state index in [0.29, 0.717) is 21.7 Å². The van der Waals surface area contributed by atoms with Gasteiger partial charge >= 0.3 is 6.03 Å². The van der Waals surface area contributed by atoms with Crippen molar-refractivity contribution in [3.8, 4) is 0 Å².